The fraction of sp³-hybridized carbons (Fsp3) is 0.786. The van der Waals surface area contributed by atoms with Gasteiger partial charge in [0.25, 0.3) is 0 Å². The number of imidazole rings is 1. The van der Waals surface area contributed by atoms with Crippen molar-refractivity contribution in [1.29, 1.82) is 0 Å². The first-order chi connectivity index (χ1) is 8.83. The Kier molecular flexibility index (Phi) is 3.66. The van der Waals surface area contributed by atoms with E-state index in [1.165, 1.54) is 44.5 Å². The molecule has 0 amide bonds. The largest absolute Gasteiger partial charge is 0.336 e. The third-order valence-corrected chi connectivity index (χ3v) is 3.89. The summed E-state index contributed by atoms with van der Waals surface area (Å²) in [5.41, 5.74) is 6.76. The van der Waals surface area contributed by atoms with Gasteiger partial charge in [-0.05, 0) is 37.5 Å². The van der Waals surface area contributed by atoms with E-state index < -0.39 is 0 Å². The first-order valence-corrected chi connectivity index (χ1v) is 7.26. The first-order valence-electron chi connectivity index (χ1n) is 7.26. The fourth-order valence-corrected chi connectivity index (χ4v) is 2.52. The van der Waals surface area contributed by atoms with Crippen LogP contribution in [0.15, 0.2) is 12.5 Å². The molecule has 0 radical (unpaired) electrons. The second-order valence-corrected chi connectivity index (χ2v) is 5.97. The lowest BCUT2D eigenvalue weighted by Gasteiger charge is -2.20. The van der Waals surface area contributed by atoms with Crippen LogP contribution < -0.4 is 5.73 Å². The number of rotatable bonds is 8. The van der Waals surface area contributed by atoms with Crippen molar-refractivity contribution in [1.82, 2.24) is 14.5 Å². The zero-order valence-electron chi connectivity index (χ0n) is 11.1. The van der Waals surface area contributed by atoms with E-state index in [1.54, 1.807) is 0 Å². The Morgan fingerprint density at radius 2 is 1.89 bits per heavy atom. The van der Waals surface area contributed by atoms with Crippen LogP contribution in [0, 0.1) is 11.8 Å². The number of hydrogen-bond acceptors (Lipinski definition) is 3. The molecule has 4 heteroatoms. The van der Waals surface area contributed by atoms with Crippen LogP contribution in [0.4, 0.5) is 0 Å². The monoisotopic (exact) mass is 248 g/mol. The molecule has 0 bridgehead atoms. The number of nitrogens with two attached hydrogens (primary N) is 1. The lowest BCUT2D eigenvalue weighted by Crippen LogP contribution is -2.28. The predicted octanol–water partition coefficient (Wildman–Crippen LogP) is 1.46. The lowest BCUT2D eigenvalue weighted by atomic mass is 10.3. The van der Waals surface area contributed by atoms with Crippen LogP contribution in [0.2, 0.25) is 0 Å². The third kappa shape index (κ3) is 3.56. The van der Waals surface area contributed by atoms with Crippen LogP contribution >= 0.6 is 0 Å². The van der Waals surface area contributed by atoms with E-state index in [0.29, 0.717) is 6.54 Å². The molecule has 0 spiro atoms. The SMILES string of the molecule is NCCn1cnc(CN(CC2CC2)CC2CC2)c1. The van der Waals surface area contributed by atoms with E-state index in [9.17, 15) is 0 Å². The van der Waals surface area contributed by atoms with Crippen LogP contribution in [0.3, 0.4) is 0 Å². The van der Waals surface area contributed by atoms with Gasteiger partial charge in [0.1, 0.15) is 0 Å². The van der Waals surface area contributed by atoms with Gasteiger partial charge in [0, 0.05) is 38.9 Å². The molecule has 2 N–H and O–H groups in total. The average Bonchev–Trinajstić information content (AvgIpc) is 3.24. The van der Waals surface area contributed by atoms with Crippen molar-refractivity contribution in [2.75, 3.05) is 19.6 Å². The second-order valence-electron chi connectivity index (χ2n) is 5.97. The van der Waals surface area contributed by atoms with Crippen molar-refractivity contribution in [2.24, 2.45) is 17.6 Å². The van der Waals surface area contributed by atoms with Crippen molar-refractivity contribution in [3.05, 3.63) is 18.2 Å². The molecule has 0 aromatic carbocycles. The number of aromatic nitrogens is 2. The molecule has 100 valence electrons. The van der Waals surface area contributed by atoms with Crippen LogP contribution in [0.25, 0.3) is 0 Å². The molecule has 0 saturated heterocycles. The van der Waals surface area contributed by atoms with Gasteiger partial charge in [0.15, 0.2) is 0 Å². The van der Waals surface area contributed by atoms with Crippen molar-refractivity contribution in [2.45, 2.75) is 38.8 Å². The Labute approximate surface area is 109 Å². The summed E-state index contributed by atoms with van der Waals surface area (Å²) in [4.78, 5) is 7.11. The highest BCUT2D eigenvalue weighted by Gasteiger charge is 2.29. The standard InChI is InChI=1S/C14H24N4/c15-5-6-17-9-14(16-11-17)10-18(7-12-1-2-12)8-13-3-4-13/h9,11-13H,1-8,10,15H2. The quantitative estimate of drug-likeness (QED) is 0.757. The zero-order valence-corrected chi connectivity index (χ0v) is 11.1. The van der Waals surface area contributed by atoms with Crippen molar-refractivity contribution in [3.63, 3.8) is 0 Å². The van der Waals surface area contributed by atoms with E-state index in [0.717, 1.165) is 24.9 Å². The van der Waals surface area contributed by atoms with Crippen molar-refractivity contribution < 1.29 is 0 Å². The van der Waals surface area contributed by atoms with Crippen LogP contribution in [-0.4, -0.2) is 34.1 Å². The van der Waals surface area contributed by atoms with Crippen LogP contribution in [0.1, 0.15) is 31.4 Å². The Hall–Kier alpha value is -0.870. The smallest absolute Gasteiger partial charge is 0.0950 e. The summed E-state index contributed by atoms with van der Waals surface area (Å²) in [6.07, 6.45) is 9.80. The molecule has 0 unspecified atom stereocenters. The fourth-order valence-electron chi connectivity index (χ4n) is 2.52. The summed E-state index contributed by atoms with van der Waals surface area (Å²) in [6, 6.07) is 0. The predicted molar refractivity (Wildman–Crippen MR) is 72.0 cm³/mol. The first kappa shape index (κ1) is 12.2. The van der Waals surface area contributed by atoms with Gasteiger partial charge < -0.3 is 10.3 Å². The highest BCUT2D eigenvalue weighted by atomic mass is 15.2. The maximum Gasteiger partial charge on any atom is 0.0950 e. The van der Waals surface area contributed by atoms with Gasteiger partial charge in [-0.15, -0.1) is 0 Å². The summed E-state index contributed by atoms with van der Waals surface area (Å²) in [6.45, 7) is 5.13. The van der Waals surface area contributed by atoms with E-state index in [-0.39, 0.29) is 0 Å². The maximum absolute atomic E-state index is 5.56. The molecule has 2 aliphatic carbocycles. The summed E-state index contributed by atoms with van der Waals surface area (Å²) in [5.74, 6) is 1.93. The molecule has 0 atom stereocenters. The molecule has 18 heavy (non-hydrogen) atoms. The Bertz CT molecular complexity index is 365. The zero-order chi connectivity index (χ0) is 12.4. The maximum atomic E-state index is 5.56. The summed E-state index contributed by atoms with van der Waals surface area (Å²) < 4.78 is 2.10. The van der Waals surface area contributed by atoms with Gasteiger partial charge in [-0.1, -0.05) is 0 Å². The molecule has 2 fully saturated rings. The summed E-state index contributed by atoms with van der Waals surface area (Å²) >= 11 is 0. The highest BCUT2D eigenvalue weighted by molar-refractivity contribution is 4.98. The summed E-state index contributed by atoms with van der Waals surface area (Å²) in [7, 11) is 0. The Morgan fingerprint density at radius 1 is 1.22 bits per heavy atom. The van der Waals surface area contributed by atoms with Gasteiger partial charge in [-0.2, -0.15) is 0 Å². The molecule has 1 aromatic heterocycles. The molecule has 2 aliphatic rings. The van der Waals surface area contributed by atoms with Gasteiger partial charge >= 0.3 is 0 Å². The van der Waals surface area contributed by atoms with Crippen molar-refractivity contribution in [3.8, 4) is 0 Å². The second kappa shape index (κ2) is 5.41. The number of nitrogens with zero attached hydrogens (tertiary/aromatic N) is 3. The van der Waals surface area contributed by atoms with E-state index >= 15 is 0 Å². The molecule has 0 aliphatic heterocycles. The minimum Gasteiger partial charge on any atom is -0.336 e. The molecule has 3 rings (SSSR count). The van der Waals surface area contributed by atoms with E-state index in [1.807, 2.05) is 6.33 Å². The van der Waals surface area contributed by atoms with Gasteiger partial charge in [0.2, 0.25) is 0 Å². The Balaban J connectivity index is 1.54. The highest BCUT2D eigenvalue weighted by Crippen LogP contribution is 2.34. The van der Waals surface area contributed by atoms with Crippen LogP contribution in [-0.2, 0) is 13.1 Å². The summed E-state index contributed by atoms with van der Waals surface area (Å²) in [5, 5.41) is 0. The molecule has 2 saturated carbocycles. The van der Waals surface area contributed by atoms with E-state index in [2.05, 4.69) is 20.6 Å². The Morgan fingerprint density at radius 3 is 2.44 bits per heavy atom. The topological polar surface area (TPSA) is 47.1 Å². The molecule has 1 aromatic rings. The lowest BCUT2D eigenvalue weighted by molar-refractivity contribution is 0.242. The van der Waals surface area contributed by atoms with Gasteiger partial charge in [-0.25, -0.2) is 4.98 Å². The minimum atomic E-state index is 0.684. The van der Waals surface area contributed by atoms with Gasteiger partial charge in [0.05, 0.1) is 12.0 Å². The average molecular weight is 248 g/mol. The molecule has 1 heterocycles. The van der Waals surface area contributed by atoms with Crippen molar-refractivity contribution >= 4 is 0 Å². The van der Waals surface area contributed by atoms with Gasteiger partial charge in [-0.3, -0.25) is 4.90 Å². The number of hydrogen-bond donors (Lipinski definition) is 1. The van der Waals surface area contributed by atoms with Crippen LogP contribution in [0.5, 0.6) is 0 Å². The third-order valence-electron chi connectivity index (χ3n) is 3.89. The normalized spacial score (nSPS) is 19.7. The molecular formula is C14H24N4. The van der Waals surface area contributed by atoms with E-state index in [4.69, 9.17) is 5.73 Å². The molecule has 4 nitrogen and oxygen atoms in total. The molecular weight excluding hydrogens is 224 g/mol. The minimum absolute atomic E-state index is 0.684.